The second kappa shape index (κ2) is 41.3. The first kappa shape index (κ1) is 51.2. The summed E-state index contributed by atoms with van der Waals surface area (Å²) in [7, 11) is 0. The standard InChI is InChI=1S/C46H77NO6S/c1-4-6-8-10-12-14-16-18-20-21-22-23-24-25-27-29-31-33-35-37-45(49)53-43(40-52-46(50)44(41-54)47-42(3)48)39-51-38-36-34-32-30-28-26-19-17-15-13-11-9-7-5-2/h6,8,12,14,18,20,22-23,25,27,31,33,43-44,54H,4-5,7,9-11,13,15-17,19,21,24,26,28-30,32,34-41H2,1-3H3,(H,47,48)/b8-6-,14-12-,20-18-,23-22-,27-25-,33-31-. The van der Waals surface area contributed by atoms with Gasteiger partial charge in [-0.3, -0.25) is 9.59 Å². The van der Waals surface area contributed by atoms with Crippen LogP contribution in [0.25, 0.3) is 0 Å². The largest absolute Gasteiger partial charge is 0.460 e. The van der Waals surface area contributed by atoms with E-state index in [1.165, 1.54) is 84.0 Å². The Morgan fingerprint density at radius 1 is 0.593 bits per heavy atom. The highest BCUT2D eigenvalue weighted by atomic mass is 32.1. The molecule has 0 saturated heterocycles. The molecule has 0 spiro atoms. The number of allylic oxidation sites excluding steroid dienone is 12. The van der Waals surface area contributed by atoms with Crippen LogP contribution in [0.2, 0.25) is 0 Å². The summed E-state index contributed by atoms with van der Waals surface area (Å²) in [6.07, 6.45) is 49.6. The van der Waals surface area contributed by atoms with Gasteiger partial charge in [0, 0.05) is 25.7 Å². The van der Waals surface area contributed by atoms with E-state index in [9.17, 15) is 14.4 Å². The molecule has 0 bridgehead atoms. The summed E-state index contributed by atoms with van der Waals surface area (Å²) in [5.41, 5.74) is 0. The molecule has 0 aliphatic carbocycles. The Kier molecular flexibility index (Phi) is 39.2. The van der Waals surface area contributed by atoms with Crippen molar-refractivity contribution in [3.63, 3.8) is 0 Å². The lowest BCUT2D eigenvalue weighted by atomic mass is 10.0. The van der Waals surface area contributed by atoms with Gasteiger partial charge >= 0.3 is 11.9 Å². The molecular formula is C46H77NO6S. The molecule has 7 nitrogen and oxygen atoms in total. The highest BCUT2D eigenvalue weighted by molar-refractivity contribution is 7.80. The minimum absolute atomic E-state index is 0.102. The highest BCUT2D eigenvalue weighted by Gasteiger charge is 2.23. The van der Waals surface area contributed by atoms with Gasteiger partial charge in [-0.25, -0.2) is 4.79 Å². The lowest BCUT2D eigenvalue weighted by Crippen LogP contribution is -2.43. The van der Waals surface area contributed by atoms with E-state index in [2.05, 4.69) is 92.6 Å². The SMILES string of the molecule is CC/C=C\C/C=C\C/C=C\C/C=C\C/C=C\C/C=C\CCC(=O)OC(COCCCCCCCCCCCCCCCC)COC(=O)C(CS)NC(C)=O. The highest BCUT2D eigenvalue weighted by Crippen LogP contribution is 2.13. The van der Waals surface area contributed by atoms with E-state index in [1.807, 2.05) is 12.2 Å². The van der Waals surface area contributed by atoms with Crippen molar-refractivity contribution < 1.29 is 28.6 Å². The average molecular weight is 772 g/mol. The quantitative estimate of drug-likeness (QED) is 0.0283. The number of unbranched alkanes of at least 4 members (excludes halogenated alkanes) is 13. The monoisotopic (exact) mass is 772 g/mol. The summed E-state index contributed by atoms with van der Waals surface area (Å²) in [5.74, 6) is -1.24. The molecule has 2 unspecified atom stereocenters. The molecule has 54 heavy (non-hydrogen) atoms. The van der Waals surface area contributed by atoms with Crippen molar-refractivity contribution in [1.82, 2.24) is 5.32 Å². The van der Waals surface area contributed by atoms with E-state index in [0.717, 1.165) is 51.4 Å². The van der Waals surface area contributed by atoms with Crippen molar-refractivity contribution in [2.45, 2.75) is 174 Å². The summed E-state index contributed by atoms with van der Waals surface area (Å²) in [6.45, 7) is 6.30. The number of rotatable bonds is 37. The molecule has 0 rings (SSSR count). The Bertz CT molecular complexity index is 1080. The molecule has 0 aliphatic heterocycles. The van der Waals surface area contributed by atoms with Crippen LogP contribution in [0.5, 0.6) is 0 Å². The number of carbonyl (C=O) groups is 3. The number of amides is 1. The van der Waals surface area contributed by atoms with Gasteiger partial charge in [0.15, 0.2) is 6.10 Å². The molecule has 308 valence electrons. The zero-order valence-electron chi connectivity index (χ0n) is 34.4. The molecule has 0 aromatic rings. The second-order valence-electron chi connectivity index (χ2n) is 13.8. The predicted molar refractivity (Wildman–Crippen MR) is 231 cm³/mol. The summed E-state index contributed by atoms with van der Waals surface area (Å²) >= 11 is 4.14. The molecule has 1 amide bonds. The van der Waals surface area contributed by atoms with Crippen molar-refractivity contribution >= 4 is 30.5 Å². The van der Waals surface area contributed by atoms with Crippen molar-refractivity contribution in [1.29, 1.82) is 0 Å². The van der Waals surface area contributed by atoms with Gasteiger partial charge in [0.2, 0.25) is 5.91 Å². The van der Waals surface area contributed by atoms with E-state index in [0.29, 0.717) is 13.0 Å². The third-order valence-electron chi connectivity index (χ3n) is 8.61. The summed E-state index contributed by atoms with van der Waals surface area (Å²) < 4.78 is 16.9. The lowest BCUT2D eigenvalue weighted by molar-refractivity contribution is -0.163. The first-order valence-electron chi connectivity index (χ1n) is 21.2. The Labute approximate surface area is 336 Å². The lowest BCUT2D eigenvalue weighted by Gasteiger charge is -2.20. The minimum Gasteiger partial charge on any atom is -0.460 e. The first-order chi connectivity index (χ1) is 26.4. The van der Waals surface area contributed by atoms with Crippen LogP contribution in [0.4, 0.5) is 0 Å². The Balaban J connectivity index is 4.35. The van der Waals surface area contributed by atoms with Gasteiger partial charge in [0.25, 0.3) is 0 Å². The Morgan fingerprint density at radius 2 is 1.04 bits per heavy atom. The van der Waals surface area contributed by atoms with Gasteiger partial charge in [0.1, 0.15) is 12.6 Å². The fourth-order valence-electron chi connectivity index (χ4n) is 5.52. The number of carbonyl (C=O) groups excluding carboxylic acids is 3. The number of hydrogen-bond donors (Lipinski definition) is 2. The maximum atomic E-state index is 12.6. The maximum Gasteiger partial charge on any atom is 0.329 e. The Hall–Kier alpha value is -2.84. The summed E-state index contributed by atoms with van der Waals surface area (Å²) in [6, 6.07) is -0.869. The van der Waals surface area contributed by atoms with Gasteiger partial charge in [-0.15, -0.1) is 0 Å². The minimum atomic E-state index is -0.869. The van der Waals surface area contributed by atoms with E-state index >= 15 is 0 Å². The first-order valence-corrected chi connectivity index (χ1v) is 21.8. The fraction of sp³-hybridized carbons (Fsp3) is 0.674. The van der Waals surface area contributed by atoms with Gasteiger partial charge in [0.05, 0.1) is 6.61 Å². The molecule has 0 aliphatic rings. The molecule has 2 atom stereocenters. The van der Waals surface area contributed by atoms with Crippen LogP contribution >= 0.6 is 12.6 Å². The molecule has 8 heteroatoms. The van der Waals surface area contributed by atoms with E-state index < -0.39 is 18.1 Å². The van der Waals surface area contributed by atoms with Crippen LogP contribution in [0.15, 0.2) is 72.9 Å². The van der Waals surface area contributed by atoms with Crippen LogP contribution in [-0.4, -0.2) is 55.6 Å². The van der Waals surface area contributed by atoms with Crippen molar-refractivity contribution in [3.8, 4) is 0 Å². The van der Waals surface area contributed by atoms with Gasteiger partial charge < -0.3 is 19.5 Å². The van der Waals surface area contributed by atoms with Gasteiger partial charge in [-0.05, 0) is 51.4 Å². The third kappa shape index (κ3) is 37.5. The zero-order chi connectivity index (χ0) is 39.6. The van der Waals surface area contributed by atoms with Crippen molar-refractivity contribution in [3.05, 3.63) is 72.9 Å². The van der Waals surface area contributed by atoms with Crippen LogP contribution in [0.1, 0.15) is 162 Å². The number of thiol groups is 1. The summed E-state index contributed by atoms with van der Waals surface area (Å²) in [5, 5.41) is 2.52. The third-order valence-corrected chi connectivity index (χ3v) is 8.98. The predicted octanol–water partition coefficient (Wildman–Crippen LogP) is 11.9. The molecule has 0 saturated carbocycles. The van der Waals surface area contributed by atoms with Crippen molar-refractivity contribution in [2.24, 2.45) is 0 Å². The molecule has 0 heterocycles. The Morgan fingerprint density at radius 3 is 1.48 bits per heavy atom. The average Bonchev–Trinajstić information content (AvgIpc) is 3.16. The van der Waals surface area contributed by atoms with E-state index in [-0.39, 0.29) is 37.3 Å². The molecule has 0 aromatic carbocycles. The topological polar surface area (TPSA) is 90.9 Å². The molecule has 0 radical (unpaired) electrons. The number of nitrogens with one attached hydrogen (secondary N) is 1. The molecule has 0 fully saturated rings. The second-order valence-corrected chi connectivity index (χ2v) is 14.2. The van der Waals surface area contributed by atoms with Crippen LogP contribution in [0.3, 0.4) is 0 Å². The number of ether oxygens (including phenoxy) is 3. The molecule has 0 aromatic heterocycles. The normalized spacial score (nSPS) is 13.3. The molecular weight excluding hydrogens is 695 g/mol. The number of hydrogen-bond acceptors (Lipinski definition) is 7. The smallest absolute Gasteiger partial charge is 0.329 e. The van der Waals surface area contributed by atoms with Crippen LogP contribution in [-0.2, 0) is 28.6 Å². The maximum absolute atomic E-state index is 12.6. The van der Waals surface area contributed by atoms with Crippen LogP contribution < -0.4 is 5.32 Å². The van der Waals surface area contributed by atoms with Crippen molar-refractivity contribution in [2.75, 3.05) is 25.6 Å². The van der Waals surface area contributed by atoms with Gasteiger partial charge in [-0.2, -0.15) is 12.6 Å². The summed E-state index contributed by atoms with van der Waals surface area (Å²) in [4.78, 5) is 36.6. The molecule has 1 N–H and O–H groups in total. The van der Waals surface area contributed by atoms with Gasteiger partial charge in [-0.1, -0.05) is 170 Å². The number of esters is 2. The van der Waals surface area contributed by atoms with E-state index in [1.54, 1.807) is 0 Å². The zero-order valence-corrected chi connectivity index (χ0v) is 35.3. The van der Waals surface area contributed by atoms with Crippen LogP contribution in [0, 0.1) is 0 Å². The fourth-order valence-corrected chi connectivity index (χ4v) is 5.76. The van der Waals surface area contributed by atoms with E-state index in [4.69, 9.17) is 14.2 Å².